The lowest BCUT2D eigenvalue weighted by Crippen LogP contribution is -2.45. The zero-order valence-electron chi connectivity index (χ0n) is 12.0. The number of rotatable bonds is 5. The van der Waals surface area contributed by atoms with E-state index in [0.29, 0.717) is 19.8 Å². The van der Waals surface area contributed by atoms with Crippen LogP contribution in [0.1, 0.15) is 26.7 Å². The van der Waals surface area contributed by atoms with Gasteiger partial charge in [0.25, 0.3) is 0 Å². The number of likely N-dealkylation sites (tertiary alicyclic amines) is 1. The lowest BCUT2D eigenvalue weighted by molar-refractivity contribution is -0.135. The zero-order valence-corrected chi connectivity index (χ0v) is 12.0. The number of nitrogens with one attached hydrogen (secondary N) is 1. The van der Waals surface area contributed by atoms with Crippen molar-refractivity contribution in [3.8, 4) is 0 Å². The first-order valence-corrected chi connectivity index (χ1v) is 7.41. The maximum absolute atomic E-state index is 12.5. The number of nitrogens with zero attached hydrogens (tertiary/aromatic N) is 1. The summed E-state index contributed by atoms with van der Waals surface area (Å²) in [5.74, 6) is 0.363. The minimum absolute atomic E-state index is 0.0562. The predicted octanol–water partition coefficient (Wildman–Crippen LogP) is 0.230. The van der Waals surface area contributed by atoms with Gasteiger partial charge in [-0.2, -0.15) is 0 Å². The summed E-state index contributed by atoms with van der Waals surface area (Å²) in [6, 6.07) is 0.151. The minimum atomic E-state index is -0.327. The van der Waals surface area contributed by atoms with Crippen molar-refractivity contribution in [2.75, 3.05) is 32.8 Å². The van der Waals surface area contributed by atoms with E-state index in [1.165, 1.54) is 0 Å². The van der Waals surface area contributed by atoms with Gasteiger partial charge in [0.05, 0.1) is 25.2 Å². The van der Waals surface area contributed by atoms with Crippen molar-refractivity contribution in [2.45, 2.75) is 38.8 Å². The molecule has 110 valence electrons. The molecule has 4 unspecified atom stereocenters. The van der Waals surface area contributed by atoms with Gasteiger partial charge in [-0.25, -0.2) is 0 Å². The Morgan fingerprint density at radius 3 is 2.95 bits per heavy atom. The third kappa shape index (κ3) is 3.46. The number of hydrogen-bond acceptors (Lipinski definition) is 4. The molecule has 2 fully saturated rings. The molecular formula is C14H26N2O3. The molecule has 0 aromatic heterocycles. The molecule has 19 heavy (non-hydrogen) atoms. The molecule has 2 aliphatic rings. The fraction of sp³-hybridized carbons (Fsp3) is 0.929. The highest BCUT2D eigenvalue weighted by atomic mass is 16.5. The van der Waals surface area contributed by atoms with Gasteiger partial charge in [-0.15, -0.1) is 0 Å². The number of amides is 1. The average molecular weight is 270 g/mol. The third-order valence-electron chi connectivity index (χ3n) is 4.27. The normalized spacial score (nSPS) is 32.8. The Morgan fingerprint density at radius 2 is 2.32 bits per heavy atom. The molecule has 2 aliphatic heterocycles. The van der Waals surface area contributed by atoms with Crippen molar-refractivity contribution in [3.63, 3.8) is 0 Å². The first-order chi connectivity index (χ1) is 9.13. The number of carbonyl (C=O) groups is 1. The minimum Gasteiger partial charge on any atom is -0.393 e. The van der Waals surface area contributed by atoms with Crippen LogP contribution in [0.2, 0.25) is 0 Å². The van der Waals surface area contributed by atoms with E-state index in [0.717, 1.165) is 25.9 Å². The van der Waals surface area contributed by atoms with Gasteiger partial charge in [0.1, 0.15) is 0 Å². The van der Waals surface area contributed by atoms with Crippen LogP contribution in [0, 0.1) is 11.8 Å². The van der Waals surface area contributed by atoms with E-state index < -0.39 is 0 Å². The topological polar surface area (TPSA) is 61.8 Å². The summed E-state index contributed by atoms with van der Waals surface area (Å²) < 4.78 is 5.46. The smallest absolute Gasteiger partial charge is 0.229 e. The maximum Gasteiger partial charge on any atom is 0.229 e. The van der Waals surface area contributed by atoms with Crippen molar-refractivity contribution < 1.29 is 14.6 Å². The van der Waals surface area contributed by atoms with Crippen LogP contribution in [0.3, 0.4) is 0 Å². The SMILES string of the molecule is CCCNC1COCC1C(=O)N1CCC(C(C)O)C1. The molecule has 0 saturated carbocycles. The van der Waals surface area contributed by atoms with Crippen LogP contribution in [0.5, 0.6) is 0 Å². The molecule has 0 bridgehead atoms. The molecule has 5 heteroatoms. The number of aliphatic hydroxyl groups excluding tert-OH is 1. The molecule has 0 aliphatic carbocycles. The van der Waals surface area contributed by atoms with Crippen LogP contribution in [-0.4, -0.2) is 60.9 Å². The second-order valence-electron chi connectivity index (χ2n) is 5.78. The first kappa shape index (κ1) is 14.8. The van der Waals surface area contributed by atoms with Crippen molar-refractivity contribution in [2.24, 2.45) is 11.8 Å². The zero-order chi connectivity index (χ0) is 13.8. The van der Waals surface area contributed by atoms with E-state index in [2.05, 4.69) is 12.2 Å². The van der Waals surface area contributed by atoms with E-state index in [-0.39, 0.29) is 29.9 Å². The summed E-state index contributed by atoms with van der Waals surface area (Å²) in [5.41, 5.74) is 0. The number of ether oxygens (including phenoxy) is 1. The molecule has 0 aromatic carbocycles. The molecule has 0 spiro atoms. The number of carbonyl (C=O) groups excluding carboxylic acids is 1. The van der Waals surface area contributed by atoms with Gasteiger partial charge in [-0.1, -0.05) is 6.92 Å². The van der Waals surface area contributed by atoms with Crippen molar-refractivity contribution >= 4 is 5.91 Å². The predicted molar refractivity (Wildman–Crippen MR) is 72.8 cm³/mol. The standard InChI is InChI=1S/C14H26N2O3/c1-3-5-15-13-9-19-8-12(13)14(18)16-6-4-11(7-16)10(2)17/h10-13,15,17H,3-9H2,1-2H3. The largest absolute Gasteiger partial charge is 0.393 e. The molecule has 2 heterocycles. The third-order valence-corrected chi connectivity index (χ3v) is 4.27. The van der Waals surface area contributed by atoms with E-state index >= 15 is 0 Å². The fourth-order valence-corrected chi connectivity index (χ4v) is 2.94. The van der Waals surface area contributed by atoms with Gasteiger partial charge in [-0.05, 0) is 26.3 Å². The monoisotopic (exact) mass is 270 g/mol. The average Bonchev–Trinajstić information content (AvgIpc) is 3.04. The van der Waals surface area contributed by atoms with Crippen LogP contribution >= 0.6 is 0 Å². The number of hydrogen-bond donors (Lipinski definition) is 2. The highest BCUT2D eigenvalue weighted by Crippen LogP contribution is 2.24. The van der Waals surface area contributed by atoms with Crippen molar-refractivity contribution in [3.05, 3.63) is 0 Å². The number of aliphatic hydroxyl groups is 1. The van der Waals surface area contributed by atoms with Gasteiger partial charge >= 0.3 is 0 Å². The van der Waals surface area contributed by atoms with Crippen molar-refractivity contribution in [1.82, 2.24) is 10.2 Å². The molecule has 2 N–H and O–H groups in total. The van der Waals surface area contributed by atoms with Crippen LogP contribution in [0.15, 0.2) is 0 Å². The molecule has 1 amide bonds. The Labute approximate surface area is 115 Å². The lowest BCUT2D eigenvalue weighted by atomic mass is 10.0. The van der Waals surface area contributed by atoms with Gasteiger partial charge in [0, 0.05) is 25.0 Å². The lowest BCUT2D eigenvalue weighted by Gasteiger charge is -2.24. The summed E-state index contributed by atoms with van der Waals surface area (Å²) in [6.07, 6.45) is 1.64. The maximum atomic E-state index is 12.5. The summed E-state index contributed by atoms with van der Waals surface area (Å²) >= 11 is 0. The Balaban J connectivity index is 1.88. The van der Waals surface area contributed by atoms with Crippen LogP contribution < -0.4 is 5.32 Å². The second kappa shape index (κ2) is 6.68. The van der Waals surface area contributed by atoms with Gasteiger partial charge in [0.2, 0.25) is 5.91 Å². The Kier molecular flexibility index (Phi) is 5.19. The van der Waals surface area contributed by atoms with Crippen molar-refractivity contribution in [1.29, 1.82) is 0 Å². The summed E-state index contributed by atoms with van der Waals surface area (Å²) in [7, 11) is 0. The second-order valence-corrected chi connectivity index (χ2v) is 5.78. The fourth-order valence-electron chi connectivity index (χ4n) is 2.94. The molecule has 2 rings (SSSR count). The van der Waals surface area contributed by atoms with E-state index in [9.17, 15) is 9.90 Å². The Morgan fingerprint density at radius 1 is 1.53 bits per heavy atom. The summed E-state index contributed by atoms with van der Waals surface area (Å²) in [6.45, 7) is 7.46. The quantitative estimate of drug-likeness (QED) is 0.751. The van der Waals surface area contributed by atoms with Crippen LogP contribution in [0.25, 0.3) is 0 Å². The van der Waals surface area contributed by atoms with E-state index in [1.54, 1.807) is 0 Å². The molecular weight excluding hydrogens is 244 g/mol. The Hall–Kier alpha value is -0.650. The molecule has 4 atom stereocenters. The highest BCUT2D eigenvalue weighted by molar-refractivity contribution is 5.80. The Bertz CT molecular complexity index is 309. The van der Waals surface area contributed by atoms with Crippen LogP contribution in [0.4, 0.5) is 0 Å². The summed E-state index contributed by atoms with van der Waals surface area (Å²) in [5, 5.41) is 13.0. The van der Waals surface area contributed by atoms with E-state index in [1.807, 2.05) is 11.8 Å². The first-order valence-electron chi connectivity index (χ1n) is 7.41. The highest BCUT2D eigenvalue weighted by Gasteiger charge is 2.39. The molecule has 5 nitrogen and oxygen atoms in total. The summed E-state index contributed by atoms with van der Waals surface area (Å²) in [4.78, 5) is 14.4. The van der Waals surface area contributed by atoms with E-state index in [4.69, 9.17) is 4.74 Å². The molecule has 0 radical (unpaired) electrons. The van der Waals surface area contributed by atoms with Crippen LogP contribution in [-0.2, 0) is 9.53 Å². The van der Waals surface area contributed by atoms with Gasteiger partial charge in [-0.3, -0.25) is 4.79 Å². The molecule has 2 saturated heterocycles. The molecule has 0 aromatic rings. The van der Waals surface area contributed by atoms with Gasteiger partial charge in [0.15, 0.2) is 0 Å². The van der Waals surface area contributed by atoms with Gasteiger partial charge < -0.3 is 20.1 Å².